The maximum absolute atomic E-state index is 14.3. The van der Waals surface area contributed by atoms with E-state index in [2.05, 4.69) is 20.0 Å². The lowest BCUT2D eigenvalue weighted by Crippen LogP contribution is -2.49. The summed E-state index contributed by atoms with van der Waals surface area (Å²) in [6.45, 7) is 2.77. The van der Waals surface area contributed by atoms with E-state index in [1.165, 1.54) is 21.1 Å². The van der Waals surface area contributed by atoms with Crippen LogP contribution in [0.4, 0.5) is 13.2 Å². The molecular weight excluding hydrogens is 553 g/mol. The van der Waals surface area contributed by atoms with Crippen LogP contribution in [0.5, 0.6) is 11.6 Å². The molecule has 4 aromatic rings. The second-order valence-corrected chi connectivity index (χ2v) is 9.67. The minimum atomic E-state index is -4.74. The number of rotatable bonds is 7. The predicted octanol–water partition coefficient (Wildman–Crippen LogP) is 4.71. The molecule has 0 aliphatic carbocycles. The fourth-order valence-corrected chi connectivity index (χ4v) is 5.26. The Morgan fingerprint density at radius 2 is 1.79 bits per heavy atom. The summed E-state index contributed by atoms with van der Waals surface area (Å²) >= 11 is 0. The molecule has 3 aromatic heterocycles. The zero-order valence-electron chi connectivity index (χ0n) is 23.2. The average molecular weight is 583 g/mol. The van der Waals surface area contributed by atoms with E-state index in [9.17, 15) is 23.1 Å². The first kappa shape index (κ1) is 28.9. The number of halogens is 3. The molecule has 10 nitrogen and oxygen atoms in total. The van der Waals surface area contributed by atoms with Gasteiger partial charge in [-0.05, 0) is 43.3 Å². The molecular formula is C29H29F3N6O4. The summed E-state index contributed by atoms with van der Waals surface area (Å²) in [7, 11) is 3.01. The number of hydrogen-bond donors (Lipinski definition) is 1. The summed E-state index contributed by atoms with van der Waals surface area (Å²) in [5, 5.41) is 13.5. The van der Waals surface area contributed by atoms with Gasteiger partial charge >= 0.3 is 6.18 Å². The molecule has 0 spiro atoms. The van der Waals surface area contributed by atoms with Gasteiger partial charge in [0, 0.05) is 49.1 Å². The van der Waals surface area contributed by atoms with E-state index in [4.69, 9.17) is 9.47 Å². The van der Waals surface area contributed by atoms with Crippen molar-refractivity contribution >= 4 is 11.6 Å². The normalized spacial score (nSPS) is 15.3. The Labute approximate surface area is 239 Å². The highest BCUT2D eigenvalue weighted by Gasteiger charge is 2.39. The first-order chi connectivity index (χ1) is 20.2. The minimum Gasteiger partial charge on any atom is -0.516 e. The van der Waals surface area contributed by atoms with Gasteiger partial charge in [-0.2, -0.15) is 18.3 Å². The van der Waals surface area contributed by atoms with Gasteiger partial charge in [-0.3, -0.25) is 9.69 Å². The number of aromatic nitrogens is 4. The zero-order valence-corrected chi connectivity index (χ0v) is 23.2. The number of ether oxygens (including phenoxy) is 2. The molecule has 13 heteroatoms. The highest BCUT2D eigenvalue weighted by atomic mass is 19.4. The van der Waals surface area contributed by atoms with Gasteiger partial charge in [0.15, 0.2) is 11.3 Å². The van der Waals surface area contributed by atoms with Gasteiger partial charge in [0.25, 0.3) is 5.91 Å². The molecule has 1 atom stereocenters. The standard InChI is InChI=1S/C29H29F3N6O4/c1-18-24(19-6-8-20(41-2)9-7-19)35-26-22(17-34-38(26)25(18)29(30,31)32)28(40)37-14-12-36(13-15-37)23(10-16-39)21-5-4-11-33-27(21)42-3/h4-11,16-17,23,39H,12-15H2,1-3H3/b16-10+/t23-/m1/s1. The molecule has 1 N–H and O–H groups in total. The van der Waals surface area contributed by atoms with Crippen molar-refractivity contribution in [2.24, 2.45) is 0 Å². The Morgan fingerprint density at radius 1 is 1.07 bits per heavy atom. The number of methoxy groups -OCH3 is 2. The molecule has 42 heavy (non-hydrogen) atoms. The SMILES string of the molecule is COc1ccc(-c2nc3c(C(=O)N4CCN([C@H](/C=C/O)c5cccnc5OC)CC4)cnn3c(C(F)(F)F)c2C)cc1. The number of carbonyl (C=O) groups is 1. The molecule has 0 radical (unpaired) electrons. The van der Waals surface area contributed by atoms with Crippen LogP contribution in [0.1, 0.15) is 33.2 Å². The number of carbonyl (C=O) groups excluding carboxylic acids is 1. The Kier molecular flexibility index (Phi) is 8.03. The van der Waals surface area contributed by atoms with Crippen LogP contribution in [0, 0.1) is 6.92 Å². The van der Waals surface area contributed by atoms with E-state index in [1.807, 2.05) is 6.07 Å². The van der Waals surface area contributed by atoms with Crippen LogP contribution >= 0.6 is 0 Å². The van der Waals surface area contributed by atoms with E-state index in [0.717, 1.165) is 18.0 Å². The minimum absolute atomic E-state index is 0.0237. The Balaban J connectivity index is 1.46. The number of aliphatic hydroxyl groups excluding tert-OH is 1. The summed E-state index contributed by atoms with van der Waals surface area (Å²) in [6.07, 6.45) is 0.566. The highest BCUT2D eigenvalue weighted by molar-refractivity contribution is 6.00. The average Bonchev–Trinajstić information content (AvgIpc) is 3.41. The van der Waals surface area contributed by atoms with Gasteiger partial charge in [-0.15, -0.1) is 0 Å². The number of alkyl halides is 3. The molecule has 1 aliphatic heterocycles. The zero-order chi connectivity index (χ0) is 30.0. The van der Waals surface area contributed by atoms with Gasteiger partial charge in [0.05, 0.1) is 38.4 Å². The molecule has 1 fully saturated rings. The lowest BCUT2D eigenvalue weighted by molar-refractivity contribution is -0.143. The maximum atomic E-state index is 14.3. The lowest BCUT2D eigenvalue weighted by atomic mass is 10.0. The van der Waals surface area contributed by atoms with Gasteiger partial charge in [-0.25, -0.2) is 14.5 Å². The molecule has 1 saturated heterocycles. The van der Waals surface area contributed by atoms with Crippen molar-refractivity contribution < 1.29 is 32.5 Å². The van der Waals surface area contributed by atoms with Crippen LogP contribution in [0.25, 0.3) is 16.9 Å². The van der Waals surface area contributed by atoms with Crippen LogP contribution in [-0.2, 0) is 6.18 Å². The topological polar surface area (TPSA) is 105 Å². The molecule has 1 aliphatic rings. The summed E-state index contributed by atoms with van der Waals surface area (Å²) in [4.78, 5) is 26.0. The monoisotopic (exact) mass is 582 g/mol. The van der Waals surface area contributed by atoms with Crippen molar-refractivity contribution in [3.05, 3.63) is 83.5 Å². The van der Waals surface area contributed by atoms with Crippen LogP contribution in [0.3, 0.4) is 0 Å². The maximum Gasteiger partial charge on any atom is 0.433 e. The van der Waals surface area contributed by atoms with Crippen LogP contribution < -0.4 is 9.47 Å². The third-order valence-corrected chi connectivity index (χ3v) is 7.32. The predicted molar refractivity (Wildman–Crippen MR) is 147 cm³/mol. The molecule has 0 bridgehead atoms. The van der Waals surface area contributed by atoms with E-state index >= 15 is 0 Å². The van der Waals surface area contributed by atoms with Crippen LogP contribution in [0.2, 0.25) is 0 Å². The van der Waals surface area contributed by atoms with Crippen molar-refractivity contribution in [3.63, 3.8) is 0 Å². The summed E-state index contributed by atoms with van der Waals surface area (Å²) < 4.78 is 54.1. The number of hydrogen-bond acceptors (Lipinski definition) is 8. The van der Waals surface area contributed by atoms with E-state index < -0.39 is 17.8 Å². The number of aliphatic hydroxyl groups is 1. The van der Waals surface area contributed by atoms with E-state index in [0.29, 0.717) is 34.8 Å². The van der Waals surface area contributed by atoms with Crippen LogP contribution in [0.15, 0.2) is 61.1 Å². The van der Waals surface area contributed by atoms with Crippen molar-refractivity contribution in [3.8, 4) is 22.9 Å². The van der Waals surface area contributed by atoms with Gasteiger partial charge < -0.3 is 19.5 Å². The van der Waals surface area contributed by atoms with Crippen molar-refractivity contribution in [2.45, 2.75) is 19.1 Å². The van der Waals surface area contributed by atoms with E-state index in [-0.39, 0.29) is 41.6 Å². The number of fused-ring (bicyclic) bond motifs is 1. The van der Waals surface area contributed by atoms with Gasteiger partial charge in [0.2, 0.25) is 5.88 Å². The fourth-order valence-electron chi connectivity index (χ4n) is 5.26. The highest BCUT2D eigenvalue weighted by Crippen LogP contribution is 2.37. The molecule has 0 unspecified atom stereocenters. The number of benzene rings is 1. The first-order valence-corrected chi connectivity index (χ1v) is 13.1. The number of nitrogens with zero attached hydrogens (tertiary/aromatic N) is 6. The second kappa shape index (κ2) is 11.7. The molecule has 220 valence electrons. The summed E-state index contributed by atoms with van der Waals surface area (Å²) in [5.74, 6) is 0.495. The largest absolute Gasteiger partial charge is 0.516 e. The lowest BCUT2D eigenvalue weighted by Gasteiger charge is -2.38. The second-order valence-electron chi connectivity index (χ2n) is 9.67. The van der Waals surface area contributed by atoms with Gasteiger partial charge in [0.1, 0.15) is 11.3 Å². The Hall–Kier alpha value is -4.65. The fraction of sp³-hybridized carbons (Fsp3) is 0.310. The van der Waals surface area contributed by atoms with Crippen molar-refractivity contribution in [1.82, 2.24) is 29.4 Å². The van der Waals surface area contributed by atoms with E-state index in [1.54, 1.807) is 47.5 Å². The number of amides is 1. The Bertz CT molecular complexity index is 1610. The number of pyridine rings is 1. The molecule has 0 saturated carbocycles. The molecule has 5 rings (SSSR count). The molecule has 4 heterocycles. The Morgan fingerprint density at radius 3 is 2.40 bits per heavy atom. The summed E-state index contributed by atoms with van der Waals surface area (Å²) in [5.41, 5.74) is -0.00466. The quantitative estimate of drug-likeness (QED) is 0.313. The van der Waals surface area contributed by atoms with Crippen LogP contribution in [-0.4, -0.2) is 80.8 Å². The third kappa shape index (κ3) is 5.34. The van der Waals surface area contributed by atoms with Crippen molar-refractivity contribution in [1.29, 1.82) is 0 Å². The first-order valence-electron chi connectivity index (χ1n) is 13.1. The smallest absolute Gasteiger partial charge is 0.433 e. The molecule has 1 amide bonds. The third-order valence-electron chi connectivity index (χ3n) is 7.32. The summed E-state index contributed by atoms with van der Waals surface area (Å²) in [6, 6.07) is 9.77. The number of piperazine rings is 1. The van der Waals surface area contributed by atoms with Crippen molar-refractivity contribution in [2.75, 3.05) is 40.4 Å². The molecule has 1 aromatic carbocycles. The van der Waals surface area contributed by atoms with Gasteiger partial charge in [-0.1, -0.05) is 6.07 Å².